The Hall–Kier alpha value is -1.10. The summed E-state index contributed by atoms with van der Waals surface area (Å²) in [5.74, 6) is 0. The third kappa shape index (κ3) is 8.23. The van der Waals surface area contributed by atoms with Gasteiger partial charge in [0.05, 0.1) is 0 Å². The highest BCUT2D eigenvalue weighted by Gasteiger charge is 2.32. The Kier molecular flexibility index (Phi) is 9.89. The Morgan fingerprint density at radius 2 is 2.00 bits per heavy atom. The van der Waals surface area contributed by atoms with Crippen LogP contribution in [0.3, 0.4) is 0 Å². The fourth-order valence-electron chi connectivity index (χ4n) is 0.917. The predicted octanol–water partition coefficient (Wildman–Crippen LogP) is 2.18. The summed E-state index contributed by atoms with van der Waals surface area (Å²) in [7, 11) is 0. The van der Waals surface area contributed by atoms with E-state index in [1.54, 1.807) is 13.8 Å². The van der Waals surface area contributed by atoms with Gasteiger partial charge in [0.2, 0.25) is 0 Å². The van der Waals surface area contributed by atoms with Gasteiger partial charge in [0.25, 0.3) is 0 Å². The maximum atomic E-state index is 10.3. The molecule has 0 saturated carbocycles. The molecular formula is C11H23NO4. The van der Waals surface area contributed by atoms with E-state index >= 15 is 0 Å². The first-order valence-electron chi connectivity index (χ1n) is 5.45. The summed E-state index contributed by atoms with van der Waals surface area (Å²) >= 11 is 0. The van der Waals surface area contributed by atoms with Gasteiger partial charge in [0, 0.05) is 12.5 Å². The molecule has 0 aromatic rings. The molecule has 0 spiro atoms. The van der Waals surface area contributed by atoms with Gasteiger partial charge in [0.1, 0.15) is 11.9 Å². The quantitative estimate of drug-likeness (QED) is 0.561. The molecule has 0 heterocycles. The zero-order valence-electron chi connectivity index (χ0n) is 10.5. The van der Waals surface area contributed by atoms with Crippen LogP contribution in [0.4, 0.5) is 4.79 Å². The molecule has 0 aliphatic carbocycles. The van der Waals surface area contributed by atoms with Crippen LogP contribution in [0.25, 0.3) is 0 Å². The van der Waals surface area contributed by atoms with E-state index in [0.29, 0.717) is 12.7 Å². The van der Waals surface area contributed by atoms with Crippen LogP contribution in [0.1, 0.15) is 47.0 Å². The van der Waals surface area contributed by atoms with Crippen molar-refractivity contribution in [2.45, 2.75) is 58.6 Å². The smallest absolute Gasteiger partial charge is 0.450 e. The van der Waals surface area contributed by atoms with Gasteiger partial charge < -0.3 is 20.4 Å². The van der Waals surface area contributed by atoms with E-state index in [1.165, 1.54) is 6.42 Å². The molecule has 96 valence electrons. The summed E-state index contributed by atoms with van der Waals surface area (Å²) in [5, 5.41) is 8.43. The van der Waals surface area contributed by atoms with Crippen LogP contribution < -0.4 is 5.73 Å². The second-order valence-electron chi connectivity index (χ2n) is 3.88. The minimum atomic E-state index is -1.37. The van der Waals surface area contributed by atoms with Crippen molar-refractivity contribution in [3.63, 3.8) is 0 Å². The van der Waals surface area contributed by atoms with Crippen LogP contribution in [0.5, 0.6) is 0 Å². The molecule has 0 fully saturated rings. The number of hydrogen-bond donors (Lipinski definition) is 2. The number of rotatable bonds is 5. The lowest BCUT2D eigenvalue weighted by Crippen LogP contribution is -2.47. The van der Waals surface area contributed by atoms with Crippen molar-refractivity contribution < 1.29 is 19.4 Å². The zero-order valence-corrected chi connectivity index (χ0v) is 10.5. The van der Waals surface area contributed by atoms with Crippen LogP contribution in [-0.2, 0) is 9.53 Å². The van der Waals surface area contributed by atoms with Crippen LogP contribution >= 0.6 is 0 Å². The van der Waals surface area contributed by atoms with Gasteiger partial charge in [-0.15, -0.1) is 0 Å². The number of carbonyl (C=O) groups excluding carboxylic acids is 1. The SMILES string of the molecule is CC(N)C(C)(CCC=O)OC(=O)O.CCC. The number of ether oxygens (including phenoxy) is 1. The average Bonchev–Trinajstić information content (AvgIpc) is 2.14. The Morgan fingerprint density at radius 1 is 1.56 bits per heavy atom. The summed E-state index contributed by atoms with van der Waals surface area (Å²) < 4.78 is 4.63. The summed E-state index contributed by atoms with van der Waals surface area (Å²) in [5.41, 5.74) is 4.58. The van der Waals surface area contributed by atoms with E-state index in [0.717, 1.165) is 0 Å². The molecule has 0 amide bonds. The minimum absolute atomic E-state index is 0.241. The summed E-state index contributed by atoms with van der Waals surface area (Å²) in [6, 6.07) is -0.441. The lowest BCUT2D eigenvalue weighted by Gasteiger charge is -2.31. The van der Waals surface area contributed by atoms with Gasteiger partial charge in [-0.25, -0.2) is 4.79 Å². The molecule has 5 heteroatoms. The van der Waals surface area contributed by atoms with E-state index in [9.17, 15) is 9.59 Å². The predicted molar refractivity (Wildman–Crippen MR) is 62.4 cm³/mol. The maximum absolute atomic E-state index is 10.3. The van der Waals surface area contributed by atoms with Crippen LogP contribution in [-0.4, -0.2) is 29.2 Å². The van der Waals surface area contributed by atoms with Crippen molar-refractivity contribution in [1.29, 1.82) is 0 Å². The molecule has 0 aliphatic heterocycles. The van der Waals surface area contributed by atoms with Crippen LogP contribution in [0.2, 0.25) is 0 Å². The van der Waals surface area contributed by atoms with Gasteiger partial charge in [-0.2, -0.15) is 0 Å². The molecule has 0 aromatic heterocycles. The highest BCUT2D eigenvalue weighted by molar-refractivity contribution is 5.58. The standard InChI is InChI=1S/C8H15NO4.C3H8/c1-6(9)8(2,4-3-5-10)13-7(11)12;1-3-2/h5-6H,3-4,9H2,1-2H3,(H,11,12);3H2,1-2H3. The third-order valence-electron chi connectivity index (χ3n) is 2.04. The van der Waals surface area contributed by atoms with E-state index in [-0.39, 0.29) is 6.42 Å². The third-order valence-corrected chi connectivity index (χ3v) is 2.04. The van der Waals surface area contributed by atoms with Crippen molar-refractivity contribution in [3.05, 3.63) is 0 Å². The number of nitrogens with two attached hydrogens (primary N) is 1. The highest BCUT2D eigenvalue weighted by atomic mass is 16.7. The van der Waals surface area contributed by atoms with Gasteiger partial charge >= 0.3 is 6.16 Å². The Morgan fingerprint density at radius 3 is 2.25 bits per heavy atom. The van der Waals surface area contributed by atoms with Crippen molar-refractivity contribution >= 4 is 12.4 Å². The zero-order chi connectivity index (χ0) is 13.2. The van der Waals surface area contributed by atoms with E-state index in [4.69, 9.17) is 10.8 Å². The van der Waals surface area contributed by atoms with Crippen LogP contribution in [0.15, 0.2) is 0 Å². The van der Waals surface area contributed by atoms with Crippen molar-refractivity contribution in [2.24, 2.45) is 5.73 Å². The topological polar surface area (TPSA) is 89.6 Å². The van der Waals surface area contributed by atoms with Crippen molar-refractivity contribution in [1.82, 2.24) is 0 Å². The summed E-state index contributed by atoms with van der Waals surface area (Å²) in [6.07, 6.45) is 1.14. The van der Waals surface area contributed by atoms with Gasteiger partial charge in [0.15, 0.2) is 0 Å². The molecule has 0 aliphatic rings. The number of aldehydes is 1. The largest absolute Gasteiger partial charge is 0.506 e. The first kappa shape index (κ1) is 17.3. The highest BCUT2D eigenvalue weighted by Crippen LogP contribution is 2.20. The lowest BCUT2D eigenvalue weighted by molar-refractivity contribution is -0.109. The second kappa shape index (κ2) is 9.15. The Labute approximate surface area is 97.0 Å². The van der Waals surface area contributed by atoms with E-state index in [2.05, 4.69) is 18.6 Å². The molecule has 16 heavy (non-hydrogen) atoms. The molecule has 2 atom stereocenters. The number of carbonyl (C=O) groups is 2. The Bertz CT molecular complexity index is 206. The lowest BCUT2D eigenvalue weighted by atomic mass is 9.93. The first-order valence-corrected chi connectivity index (χ1v) is 5.45. The summed E-state index contributed by atoms with van der Waals surface area (Å²) in [6.45, 7) is 7.48. The molecule has 2 unspecified atom stereocenters. The average molecular weight is 233 g/mol. The fourth-order valence-corrected chi connectivity index (χ4v) is 0.917. The van der Waals surface area contributed by atoms with Gasteiger partial charge in [-0.1, -0.05) is 20.3 Å². The van der Waals surface area contributed by atoms with Crippen molar-refractivity contribution in [2.75, 3.05) is 0 Å². The molecule has 0 saturated heterocycles. The fraction of sp³-hybridized carbons (Fsp3) is 0.818. The van der Waals surface area contributed by atoms with Gasteiger partial charge in [-0.3, -0.25) is 0 Å². The second-order valence-corrected chi connectivity index (χ2v) is 3.88. The van der Waals surface area contributed by atoms with E-state index < -0.39 is 17.8 Å². The van der Waals surface area contributed by atoms with Crippen molar-refractivity contribution in [3.8, 4) is 0 Å². The monoisotopic (exact) mass is 233 g/mol. The maximum Gasteiger partial charge on any atom is 0.506 e. The van der Waals surface area contributed by atoms with E-state index in [1.807, 2.05) is 0 Å². The molecule has 5 nitrogen and oxygen atoms in total. The molecule has 3 N–H and O–H groups in total. The van der Waals surface area contributed by atoms with Gasteiger partial charge in [-0.05, 0) is 20.3 Å². The normalized spacial score (nSPS) is 15.1. The molecule has 0 bridgehead atoms. The molecular weight excluding hydrogens is 210 g/mol. The number of hydrogen-bond acceptors (Lipinski definition) is 4. The Balaban J connectivity index is 0. The molecule has 0 aromatic carbocycles. The first-order chi connectivity index (χ1) is 7.33. The van der Waals surface area contributed by atoms with Crippen LogP contribution in [0, 0.1) is 0 Å². The minimum Gasteiger partial charge on any atom is -0.450 e. The summed E-state index contributed by atoms with van der Waals surface area (Å²) in [4.78, 5) is 20.4. The molecule has 0 radical (unpaired) electrons. The number of carboxylic acid groups (broad SMARTS) is 1. The molecule has 0 rings (SSSR count).